The molecular weight excluding hydrogens is 279 g/mol. The van der Waals surface area contributed by atoms with Crippen LogP contribution >= 0.6 is 0 Å². The predicted molar refractivity (Wildman–Crippen MR) is 61.0 cm³/mol. The van der Waals surface area contributed by atoms with E-state index in [2.05, 4.69) is 4.98 Å². The molecule has 0 bridgehead atoms. The topological polar surface area (TPSA) is 65.9 Å². The highest BCUT2D eigenvalue weighted by Crippen LogP contribution is 2.33. The molecule has 0 spiro atoms. The number of pyridine rings is 1. The third-order valence-electron chi connectivity index (χ3n) is 3.02. The van der Waals surface area contributed by atoms with Gasteiger partial charge in [-0.15, -0.1) is 0 Å². The number of hydrogen-bond acceptors (Lipinski definition) is 4. The van der Waals surface area contributed by atoms with Crippen molar-refractivity contribution in [2.75, 3.05) is 12.0 Å². The SMILES string of the molecule is COC1C(C)N(O)C(=O)N1c1cc(C(F)(F)F)ccn1. The van der Waals surface area contributed by atoms with Crippen LogP contribution in [0.25, 0.3) is 0 Å². The van der Waals surface area contributed by atoms with E-state index in [1.54, 1.807) is 0 Å². The van der Waals surface area contributed by atoms with Crippen molar-refractivity contribution in [3.8, 4) is 0 Å². The van der Waals surface area contributed by atoms with E-state index in [-0.39, 0.29) is 5.82 Å². The number of carbonyl (C=O) groups excluding carboxylic acids is 1. The molecule has 2 amide bonds. The van der Waals surface area contributed by atoms with Crippen LogP contribution in [-0.2, 0) is 10.9 Å². The average molecular weight is 291 g/mol. The second-order valence-electron chi connectivity index (χ2n) is 4.26. The summed E-state index contributed by atoms with van der Waals surface area (Å²) in [5.41, 5.74) is -0.936. The van der Waals surface area contributed by atoms with E-state index in [1.807, 2.05) is 0 Å². The van der Waals surface area contributed by atoms with E-state index in [4.69, 9.17) is 4.74 Å². The molecule has 0 radical (unpaired) electrons. The maximum Gasteiger partial charge on any atom is 0.416 e. The molecule has 2 atom stereocenters. The molecule has 1 saturated heterocycles. The molecule has 0 aromatic carbocycles. The molecule has 2 rings (SSSR count). The second kappa shape index (κ2) is 4.91. The maximum absolute atomic E-state index is 12.7. The van der Waals surface area contributed by atoms with Gasteiger partial charge in [-0.3, -0.25) is 5.21 Å². The number of anilines is 1. The van der Waals surface area contributed by atoms with Crippen LogP contribution in [0.2, 0.25) is 0 Å². The van der Waals surface area contributed by atoms with Gasteiger partial charge in [0.2, 0.25) is 0 Å². The summed E-state index contributed by atoms with van der Waals surface area (Å²) in [5.74, 6) is -0.236. The van der Waals surface area contributed by atoms with E-state index in [0.29, 0.717) is 5.06 Å². The van der Waals surface area contributed by atoms with Gasteiger partial charge in [0.1, 0.15) is 11.9 Å². The zero-order chi connectivity index (χ0) is 15.1. The fourth-order valence-electron chi connectivity index (χ4n) is 1.99. The van der Waals surface area contributed by atoms with E-state index >= 15 is 0 Å². The lowest BCUT2D eigenvalue weighted by Gasteiger charge is -2.22. The van der Waals surface area contributed by atoms with Crippen LogP contribution in [0.1, 0.15) is 12.5 Å². The molecule has 2 heterocycles. The standard InChI is InChI=1S/C11H12F3N3O3/c1-6-9(20-2)16(10(18)17(6)19)8-5-7(3-4-15-8)11(12,13)14/h3-6,9,19H,1-2H3. The summed E-state index contributed by atoms with van der Waals surface area (Å²) < 4.78 is 43.0. The van der Waals surface area contributed by atoms with Gasteiger partial charge >= 0.3 is 12.2 Å². The summed E-state index contributed by atoms with van der Waals surface area (Å²) >= 11 is 0. The molecule has 110 valence electrons. The van der Waals surface area contributed by atoms with Gasteiger partial charge in [0, 0.05) is 13.3 Å². The number of ether oxygens (including phenoxy) is 1. The molecular formula is C11H12F3N3O3. The zero-order valence-corrected chi connectivity index (χ0v) is 10.6. The zero-order valence-electron chi connectivity index (χ0n) is 10.6. The Morgan fingerprint density at radius 2 is 2.10 bits per heavy atom. The molecule has 1 fully saturated rings. The number of alkyl halides is 3. The van der Waals surface area contributed by atoms with Crippen LogP contribution < -0.4 is 4.90 Å². The number of carbonyl (C=O) groups is 1. The first kappa shape index (κ1) is 14.5. The molecule has 1 aromatic heterocycles. The molecule has 20 heavy (non-hydrogen) atoms. The first-order chi connectivity index (χ1) is 9.27. The number of nitrogens with zero attached hydrogens (tertiary/aromatic N) is 3. The van der Waals surface area contributed by atoms with Crippen LogP contribution in [0, 0.1) is 0 Å². The van der Waals surface area contributed by atoms with Crippen molar-refractivity contribution in [2.45, 2.75) is 25.4 Å². The number of urea groups is 1. The summed E-state index contributed by atoms with van der Waals surface area (Å²) in [5, 5.41) is 9.94. The molecule has 1 aliphatic rings. The van der Waals surface area contributed by atoms with Crippen molar-refractivity contribution < 1.29 is 27.9 Å². The number of aromatic nitrogens is 1. The summed E-state index contributed by atoms with van der Waals surface area (Å²) in [7, 11) is 1.29. The lowest BCUT2D eigenvalue weighted by Crippen LogP contribution is -2.38. The van der Waals surface area contributed by atoms with Crippen molar-refractivity contribution in [3.63, 3.8) is 0 Å². The molecule has 0 aliphatic carbocycles. The largest absolute Gasteiger partial charge is 0.416 e. The second-order valence-corrected chi connectivity index (χ2v) is 4.26. The van der Waals surface area contributed by atoms with Crippen molar-refractivity contribution in [2.24, 2.45) is 0 Å². The Morgan fingerprint density at radius 3 is 2.65 bits per heavy atom. The molecule has 1 N–H and O–H groups in total. The minimum absolute atomic E-state index is 0.236. The minimum atomic E-state index is -4.55. The Balaban J connectivity index is 2.43. The molecule has 1 aliphatic heterocycles. The van der Waals surface area contributed by atoms with Crippen LogP contribution in [0.15, 0.2) is 18.3 Å². The predicted octanol–water partition coefficient (Wildman–Crippen LogP) is 2.09. The Bertz CT molecular complexity index is 523. The number of halogens is 3. The van der Waals surface area contributed by atoms with Gasteiger partial charge in [-0.05, 0) is 19.1 Å². The number of hydroxylamine groups is 2. The van der Waals surface area contributed by atoms with Gasteiger partial charge in [-0.1, -0.05) is 0 Å². The first-order valence-electron chi connectivity index (χ1n) is 5.64. The summed E-state index contributed by atoms with van der Waals surface area (Å²) in [4.78, 5) is 16.5. The van der Waals surface area contributed by atoms with Crippen molar-refractivity contribution in [3.05, 3.63) is 23.9 Å². The number of methoxy groups -OCH3 is 1. The van der Waals surface area contributed by atoms with Gasteiger partial charge in [-0.2, -0.15) is 18.2 Å². The summed E-state index contributed by atoms with van der Waals surface area (Å²) in [6, 6.07) is -0.0954. The van der Waals surface area contributed by atoms with Gasteiger partial charge in [0.25, 0.3) is 0 Å². The highest BCUT2D eigenvalue weighted by Gasteiger charge is 2.45. The van der Waals surface area contributed by atoms with Crippen molar-refractivity contribution in [1.82, 2.24) is 10.0 Å². The van der Waals surface area contributed by atoms with E-state index < -0.39 is 30.0 Å². The lowest BCUT2D eigenvalue weighted by molar-refractivity contribution is -0.137. The normalized spacial score (nSPS) is 23.6. The Hall–Kier alpha value is -1.87. The third kappa shape index (κ3) is 2.29. The van der Waals surface area contributed by atoms with E-state index in [0.717, 1.165) is 23.2 Å². The van der Waals surface area contributed by atoms with Crippen LogP contribution in [0.3, 0.4) is 0 Å². The summed E-state index contributed by atoms with van der Waals surface area (Å²) in [6.45, 7) is 1.50. The molecule has 1 aromatic rings. The fourth-order valence-corrected chi connectivity index (χ4v) is 1.99. The monoisotopic (exact) mass is 291 g/mol. The van der Waals surface area contributed by atoms with Gasteiger partial charge in [0.05, 0.1) is 5.56 Å². The average Bonchev–Trinajstić information content (AvgIpc) is 2.62. The lowest BCUT2D eigenvalue weighted by atomic mass is 10.2. The van der Waals surface area contributed by atoms with Crippen molar-refractivity contribution in [1.29, 1.82) is 0 Å². The van der Waals surface area contributed by atoms with Crippen molar-refractivity contribution >= 4 is 11.8 Å². The minimum Gasteiger partial charge on any atom is -0.359 e. The molecule has 9 heteroatoms. The van der Waals surface area contributed by atoms with E-state index in [1.165, 1.54) is 14.0 Å². The van der Waals surface area contributed by atoms with Gasteiger partial charge in [0.15, 0.2) is 6.23 Å². The van der Waals surface area contributed by atoms with Gasteiger partial charge < -0.3 is 4.74 Å². The molecule has 6 nitrogen and oxygen atoms in total. The Labute approximate surface area is 112 Å². The van der Waals surface area contributed by atoms with Crippen LogP contribution in [0.5, 0.6) is 0 Å². The third-order valence-corrected chi connectivity index (χ3v) is 3.02. The quantitative estimate of drug-likeness (QED) is 0.847. The highest BCUT2D eigenvalue weighted by molar-refractivity contribution is 5.93. The number of amides is 2. The highest BCUT2D eigenvalue weighted by atomic mass is 19.4. The summed E-state index contributed by atoms with van der Waals surface area (Å²) in [6.07, 6.45) is -4.53. The fraction of sp³-hybridized carbons (Fsp3) is 0.455. The van der Waals surface area contributed by atoms with Gasteiger partial charge in [-0.25, -0.2) is 14.7 Å². The Kier molecular flexibility index (Phi) is 3.57. The van der Waals surface area contributed by atoms with Crippen LogP contribution in [-0.4, -0.2) is 40.7 Å². The first-order valence-corrected chi connectivity index (χ1v) is 5.64. The van der Waals surface area contributed by atoms with E-state index in [9.17, 15) is 23.2 Å². The van der Waals surface area contributed by atoms with Crippen LogP contribution in [0.4, 0.5) is 23.8 Å². The number of hydrogen-bond donors (Lipinski definition) is 1. The number of rotatable bonds is 2. The Morgan fingerprint density at radius 1 is 1.45 bits per heavy atom. The smallest absolute Gasteiger partial charge is 0.359 e. The molecule has 0 saturated carbocycles. The molecule has 2 unspecified atom stereocenters. The maximum atomic E-state index is 12.7.